The van der Waals surface area contributed by atoms with Crippen LogP contribution in [0.25, 0.3) is 12.2 Å². The highest BCUT2D eigenvalue weighted by atomic mass is 16.6. The van der Waals surface area contributed by atoms with Gasteiger partial charge in [-0.3, -0.25) is 14.9 Å². The normalized spacial score (nSPS) is 11.8. The minimum absolute atomic E-state index is 0.000901. The van der Waals surface area contributed by atoms with Gasteiger partial charge in [0.15, 0.2) is 17.3 Å². The summed E-state index contributed by atoms with van der Waals surface area (Å²) >= 11 is 0. The van der Waals surface area contributed by atoms with Gasteiger partial charge in [-0.1, -0.05) is 18.2 Å². The van der Waals surface area contributed by atoms with Gasteiger partial charge in [-0.15, -0.1) is 0 Å². The van der Waals surface area contributed by atoms with Crippen molar-refractivity contribution in [1.29, 1.82) is 0 Å². The number of methoxy groups -OCH3 is 1. The van der Waals surface area contributed by atoms with Gasteiger partial charge in [0.25, 0.3) is 5.69 Å². The molecule has 0 aliphatic rings. The molecular weight excluding hydrogens is 350 g/mol. The van der Waals surface area contributed by atoms with Crippen LogP contribution < -0.4 is 4.74 Å². The number of ether oxygens (including phenoxy) is 1. The molecule has 0 aliphatic carbocycles. The van der Waals surface area contributed by atoms with Gasteiger partial charge in [0.2, 0.25) is 0 Å². The van der Waals surface area contributed by atoms with E-state index >= 15 is 0 Å². The molecule has 0 bridgehead atoms. The molecule has 0 unspecified atom stereocenters. The lowest BCUT2D eigenvalue weighted by Gasteiger charge is -2.03. The Labute approximate surface area is 155 Å². The Balaban J connectivity index is 2.02. The first-order valence-electron chi connectivity index (χ1n) is 7.81. The van der Waals surface area contributed by atoms with E-state index in [9.17, 15) is 25.1 Å². The number of aromatic hydroxyl groups is 1. The summed E-state index contributed by atoms with van der Waals surface area (Å²) in [5, 5.41) is 29.9. The van der Waals surface area contributed by atoms with Crippen molar-refractivity contribution in [2.75, 3.05) is 7.11 Å². The Morgan fingerprint density at radius 3 is 2.33 bits per heavy atom. The molecule has 27 heavy (non-hydrogen) atoms. The molecule has 0 heterocycles. The summed E-state index contributed by atoms with van der Waals surface area (Å²) in [7, 11) is 1.43. The number of nitro groups is 1. The minimum atomic E-state index is -0.505. The number of carbonyl (C=O) groups is 1. The van der Waals surface area contributed by atoms with Crippen LogP contribution in [0, 0.1) is 10.1 Å². The zero-order valence-corrected chi connectivity index (χ0v) is 14.4. The third-order valence-corrected chi connectivity index (χ3v) is 3.48. The van der Waals surface area contributed by atoms with E-state index in [0.29, 0.717) is 16.9 Å². The summed E-state index contributed by atoms with van der Waals surface area (Å²) < 4.78 is 4.99. The number of nitro benzene ring substituents is 1. The highest BCUT2D eigenvalue weighted by molar-refractivity contribution is 6.02. The number of allylic oxidation sites excluding steroid dienone is 3. The number of non-ortho nitro benzene ring substituents is 1. The summed E-state index contributed by atoms with van der Waals surface area (Å²) in [5.41, 5.74) is 1.25. The first kappa shape index (κ1) is 19.5. The Bertz CT molecular complexity index is 926. The molecule has 7 nitrogen and oxygen atoms in total. The van der Waals surface area contributed by atoms with Crippen LogP contribution in [0.3, 0.4) is 0 Å². The predicted molar refractivity (Wildman–Crippen MR) is 102 cm³/mol. The number of carbonyl (C=O) groups excluding carboxylic acids is 1. The van der Waals surface area contributed by atoms with E-state index in [0.717, 1.165) is 6.08 Å². The summed E-state index contributed by atoms with van der Waals surface area (Å²) in [5.74, 6) is -0.400. The lowest BCUT2D eigenvalue weighted by atomic mass is 10.1. The van der Waals surface area contributed by atoms with Crippen molar-refractivity contribution < 1.29 is 24.7 Å². The second kappa shape index (κ2) is 9.00. The summed E-state index contributed by atoms with van der Waals surface area (Å²) in [6.07, 6.45) is 6.67. The number of aliphatic hydroxyl groups excluding tert-OH is 1. The van der Waals surface area contributed by atoms with Crippen LogP contribution >= 0.6 is 0 Å². The maximum absolute atomic E-state index is 11.8. The molecule has 2 aromatic rings. The van der Waals surface area contributed by atoms with Gasteiger partial charge < -0.3 is 14.9 Å². The Hall–Kier alpha value is -3.87. The molecule has 0 spiro atoms. The average Bonchev–Trinajstić information content (AvgIpc) is 2.66. The number of benzene rings is 2. The predicted octanol–water partition coefficient (Wildman–Crippen LogP) is 4.05. The third-order valence-electron chi connectivity index (χ3n) is 3.48. The number of aliphatic hydroxyl groups is 1. The fourth-order valence-corrected chi connectivity index (χ4v) is 2.11. The van der Waals surface area contributed by atoms with E-state index in [2.05, 4.69) is 0 Å². The van der Waals surface area contributed by atoms with Crippen molar-refractivity contribution in [2.45, 2.75) is 0 Å². The first-order chi connectivity index (χ1) is 12.9. The Kier molecular flexibility index (Phi) is 6.49. The van der Waals surface area contributed by atoms with Crippen molar-refractivity contribution in [1.82, 2.24) is 0 Å². The van der Waals surface area contributed by atoms with Crippen LogP contribution in [-0.2, 0) is 4.79 Å². The maximum atomic E-state index is 11.8. The molecule has 0 fully saturated rings. The van der Waals surface area contributed by atoms with E-state index < -0.39 is 10.7 Å². The second-order valence-corrected chi connectivity index (χ2v) is 5.42. The quantitative estimate of drug-likeness (QED) is 0.251. The Morgan fingerprint density at radius 1 is 1.07 bits per heavy atom. The van der Waals surface area contributed by atoms with E-state index in [1.165, 1.54) is 55.7 Å². The molecule has 138 valence electrons. The number of rotatable bonds is 7. The fraction of sp³-hybridized carbons (Fsp3) is 0.0500. The molecular formula is C20H17NO6. The van der Waals surface area contributed by atoms with Gasteiger partial charge in [-0.2, -0.15) is 0 Å². The smallest absolute Gasteiger partial charge is 0.269 e. The molecule has 0 radical (unpaired) electrons. The van der Waals surface area contributed by atoms with E-state index in [1.807, 2.05) is 0 Å². The van der Waals surface area contributed by atoms with Gasteiger partial charge in [0, 0.05) is 18.2 Å². The van der Waals surface area contributed by atoms with Crippen LogP contribution in [0.1, 0.15) is 11.1 Å². The number of hydrogen-bond donors (Lipinski definition) is 2. The van der Waals surface area contributed by atoms with Gasteiger partial charge in [-0.05, 0) is 47.5 Å². The molecule has 0 atom stereocenters. The van der Waals surface area contributed by atoms with Crippen molar-refractivity contribution >= 4 is 23.6 Å². The average molecular weight is 367 g/mol. The van der Waals surface area contributed by atoms with Crippen LogP contribution in [-0.4, -0.2) is 28.0 Å². The van der Waals surface area contributed by atoms with E-state index in [-0.39, 0.29) is 17.2 Å². The fourth-order valence-electron chi connectivity index (χ4n) is 2.11. The SMILES string of the molecule is COc1cc(C=CC(O)=CC(=O)C=Cc2ccc([N+](=O)[O-])cc2)ccc1O. The molecule has 0 aliphatic heterocycles. The summed E-state index contributed by atoms with van der Waals surface area (Å²) in [6.45, 7) is 0. The summed E-state index contributed by atoms with van der Waals surface area (Å²) in [4.78, 5) is 21.9. The third kappa shape index (κ3) is 5.86. The molecule has 0 saturated heterocycles. The van der Waals surface area contributed by atoms with Crippen LogP contribution in [0.5, 0.6) is 11.5 Å². The topological polar surface area (TPSA) is 110 Å². The zero-order valence-electron chi connectivity index (χ0n) is 14.4. The number of ketones is 1. The number of hydrogen-bond acceptors (Lipinski definition) is 6. The summed E-state index contributed by atoms with van der Waals surface area (Å²) in [6, 6.07) is 10.4. The highest BCUT2D eigenvalue weighted by Gasteiger charge is 2.03. The maximum Gasteiger partial charge on any atom is 0.269 e. The van der Waals surface area contributed by atoms with Crippen molar-refractivity contribution in [3.8, 4) is 11.5 Å². The monoisotopic (exact) mass is 367 g/mol. The lowest BCUT2D eigenvalue weighted by molar-refractivity contribution is -0.384. The van der Waals surface area contributed by atoms with Gasteiger partial charge in [0.05, 0.1) is 12.0 Å². The number of phenols is 1. The van der Waals surface area contributed by atoms with Gasteiger partial charge in [0.1, 0.15) is 5.76 Å². The van der Waals surface area contributed by atoms with Crippen molar-refractivity contribution in [2.24, 2.45) is 0 Å². The van der Waals surface area contributed by atoms with Crippen molar-refractivity contribution in [3.63, 3.8) is 0 Å². The zero-order chi connectivity index (χ0) is 19.8. The van der Waals surface area contributed by atoms with Crippen LogP contribution in [0.2, 0.25) is 0 Å². The van der Waals surface area contributed by atoms with Crippen LogP contribution in [0.4, 0.5) is 5.69 Å². The van der Waals surface area contributed by atoms with Gasteiger partial charge in [-0.25, -0.2) is 0 Å². The standard InChI is InChI=1S/C20H17NO6/c1-27-20-12-15(6-11-19(20)24)5-10-18(23)13-17(22)9-4-14-2-7-16(8-3-14)21(25)26/h2-13,23-24H,1H3. The molecule has 2 N–H and O–H groups in total. The number of nitrogens with zero attached hydrogens (tertiary/aromatic N) is 1. The minimum Gasteiger partial charge on any atom is -0.508 e. The molecule has 2 rings (SSSR count). The molecule has 0 amide bonds. The Morgan fingerprint density at radius 2 is 1.70 bits per heavy atom. The molecule has 0 saturated carbocycles. The van der Waals surface area contributed by atoms with E-state index in [1.54, 1.807) is 18.2 Å². The highest BCUT2D eigenvalue weighted by Crippen LogP contribution is 2.26. The lowest BCUT2D eigenvalue weighted by Crippen LogP contribution is -1.89. The van der Waals surface area contributed by atoms with Gasteiger partial charge >= 0.3 is 0 Å². The first-order valence-corrected chi connectivity index (χ1v) is 7.81. The largest absolute Gasteiger partial charge is 0.508 e. The molecule has 0 aromatic heterocycles. The van der Waals surface area contributed by atoms with Crippen molar-refractivity contribution in [3.05, 3.63) is 87.7 Å². The second-order valence-electron chi connectivity index (χ2n) is 5.42. The van der Waals surface area contributed by atoms with Crippen LogP contribution in [0.15, 0.2) is 66.5 Å². The van der Waals surface area contributed by atoms with E-state index in [4.69, 9.17) is 4.74 Å². The molecule has 7 heteroatoms. The molecule has 2 aromatic carbocycles. The number of phenolic OH excluding ortho intramolecular Hbond substituents is 1.